The number of benzene rings is 1. The molecule has 1 aliphatic rings. The molecule has 0 saturated heterocycles. The van der Waals surface area contributed by atoms with Crippen molar-refractivity contribution in [2.45, 2.75) is 21.9 Å². The van der Waals surface area contributed by atoms with Gasteiger partial charge in [0.1, 0.15) is 0 Å². The maximum atomic E-state index is 12.7. The van der Waals surface area contributed by atoms with Crippen molar-refractivity contribution in [1.29, 1.82) is 0 Å². The molecule has 0 spiro atoms. The number of sulfone groups is 1. The Hall–Kier alpha value is -1.31. The summed E-state index contributed by atoms with van der Waals surface area (Å²) < 4.78 is 23.3. The van der Waals surface area contributed by atoms with E-state index in [1.807, 2.05) is 0 Å². The van der Waals surface area contributed by atoms with Crippen molar-refractivity contribution in [2.24, 2.45) is 5.73 Å². The Morgan fingerprint density at radius 3 is 2.37 bits per heavy atom. The Kier molecular flexibility index (Phi) is 3.46. The average molecular weight is 299 g/mol. The lowest BCUT2D eigenvalue weighted by atomic mass is 10.0. The van der Waals surface area contributed by atoms with E-state index in [1.165, 1.54) is 24.5 Å². The van der Waals surface area contributed by atoms with E-state index >= 15 is 0 Å². The standard InChI is InChI=1S/C12H13NO4S2/c1-8-7-18-10(13)12(8,11(14)15)19(16,17)9-5-3-2-4-6-9/h2-7,10H,13H2,1H3,(H,14,15). The molecular formula is C12H13NO4S2. The second kappa shape index (κ2) is 4.66. The molecule has 102 valence electrons. The van der Waals surface area contributed by atoms with Gasteiger partial charge in [0.25, 0.3) is 0 Å². The minimum Gasteiger partial charge on any atom is -0.480 e. The van der Waals surface area contributed by atoms with Crippen LogP contribution in [0.1, 0.15) is 6.92 Å². The summed E-state index contributed by atoms with van der Waals surface area (Å²) in [5.74, 6) is -1.44. The highest BCUT2D eigenvalue weighted by atomic mass is 32.2. The fraction of sp³-hybridized carbons (Fsp3) is 0.250. The second-order valence-corrected chi connectivity index (χ2v) is 7.35. The van der Waals surface area contributed by atoms with E-state index in [0.29, 0.717) is 0 Å². The highest BCUT2D eigenvalue weighted by Crippen LogP contribution is 2.45. The minimum atomic E-state index is -4.11. The van der Waals surface area contributed by atoms with E-state index in [4.69, 9.17) is 5.73 Å². The van der Waals surface area contributed by atoms with E-state index in [9.17, 15) is 18.3 Å². The number of nitrogens with two attached hydrogens (primary N) is 1. The molecule has 0 bridgehead atoms. The molecule has 1 heterocycles. The fourth-order valence-corrected chi connectivity index (χ4v) is 5.68. The molecule has 7 heteroatoms. The van der Waals surface area contributed by atoms with Gasteiger partial charge in [0, 0.05) is 0 Å². The molecule has 0 fully saturated rings. The summed E-state index contributed by atoms with van der Waals surface area (Å²) in [6, 6.07) is 7.52. The highest BCUT2D eigenvalue weighted by molar-refractivity contribution is 8.05. The number of carboxylic acids is 1. The zero-order valence-electron chi connectivity index (χ0n) is 10.1. The molecule has 0 radical (unpaired) electrons. The van der Waals surface area contributed by atoms with Crippen molar-refractivity contribution in [3.05, 3.63) is 41.3 Å². The lowest BCUT2D eigenvalue weighted by Crippen LogP contribution is -2.56. The molecule has 1 aliphatic heterocycles. The predicted molar refractivity (Wildman–Crippen MR) is 73.3 cm³/mol. The van der Waals surface area contributed by atoms with Crippen LogP contribution in [0.4, 0.5) is 0 Å². The Morgan fingerprint density at radius 1 is 1.37 bits per heavy atom. The SMILES string of the molecule is CC1=CSC(N)C1(C(=O)O)S(=O)(=O)c1ccccc1. The van der Waals surface area contributed by atoms with Crippen molar-refractivity contribution in [2.75, 3.05) is 0 Å². The number of thioether (sulfide) groups is 1. The lowest BCUT2D eigenvalue weighted by molar-refractivity contribution is -0.138. The van der Waals surface area contributed by atoms with Crippen LogP contribution in [-0.4, -0.2) is 29.6 Å². The molecule has 5 nitrogen and oxygen atoms in total. The van der Waals surface area contributed by atoms with E-state index in [-0.39, 0.29) is 10.5 Å². The van der Waals surface area contributed by atoms with E-state index in [1.54, 1.807) is 18.2 Å². The van der Waals surface area contributed by atoms with Crippen molar-refractivity contribution in [1.82, 2.24) is 0 Å². The van der Waals surface area contributed by atoms with E-state index < -0.39 is 25.9 Å². The Morgan fingerprint density at radius 2 is 1.95 bits per heavy atom. The lowest BCUT2D eigenvalue weighted by Gasteiger charge is -2.29. The monoisotopic (exact) mass is 299 g/mol. The van der Waals surface area contributed by atoms with Gasteiger partial charge in [-0.25, -0.2) is 8.42 Å². The molecule has 1 aromatic rings. The van der Waals surface area contributed by atoms with Gasteiger partial charge in [-0.1, -0.05) is 18.2 Å². The molecule has 1 aromatic carbocycles. The summed E-state index contributed by atoms with van der Waals surface area (Å²) in [5.41, 5.74) is 6.02. The van der Waals surface area contributed by atoms with E-state index in [2.05, 4.69) is 0 Å². The quantitative estimate of drug-likeness (QED) is 0.871. The maximum absolute atomic E-state index is 12.7. The second-order valence-electron chi connectivity index (χ2n) is 4.21. The molecule has 0 aromatic heterocycles. The molecule has 2 unspecified atom stereocenters. The topological polar surface area (TPSA) is 97.5 Å². The predicted octanol–water partition coefficient (Wildman–Crippen LogP) is 1.22. The third-order valence-corrected chi connectivity index (χ3v) is 6.95. The van der Waals surface area contributed by atoms with Crippen molar-refractivity contribution in [3.63, 3.8) is 0 Å². The van der Waals surface area contributed by atoms with Gasteiger partial charge in [-0.15, -0.1) is 11.8 Å². The number of carboxylic acid groups (broad SMARTS) is 1. The Bertz CT molecular complexity index is 639. The number of aliphatic carboxylic acids is 1. The van der Waals surface area contributed by atoms with Crippen LogP contribution in [0.25, 0.3) is 0 Å². The maximum Gasteiger partial charge on any atom is 0.332 e. The van der Waals surface area contributed by atoms with Crippen LogP contribution < -0.4 is 5.73 Å². The Labute approximate surface area is 115 Å². The number of hydrogen-bond acceptors (Lipinski definition) is 5. The summed E-state index contributed by atoms with van der Waals surface area (Å²) in [6.45, 7) is 1.48. The van der Waals surface area contributed by atoms with Crippen LogP contribution in [-0.2, 0) is 14.6 Å². The first-order chi connectivity index (χ1) is 8.85. The largest absolute Gasteiger partial charge is 0.480 e. The molecule has 2 rings (SSSR count). The van der Waals surface area contributed by atoms with Crippen molar-refractivity contribution >= 4 is 27.6 Å². The summed E-state index contributed by atoms with van der Waals surface area (Å²) in [6.07, 6.45) is 0. The smallest absolute Gasteiger partial charge is 0.332 e. The van der Waals surface area contributed by atoms with Crippen molar-refractivity contribution in [3.8, 4) is 0 Å². The summed E-state index contributed by atoms with van der Waals surface area (Å²) in [4.78, 5) is 11.6. The molecule has 0 amide bonds. The van der Waals surface area contributed by atoms with Gasteiger partial charge < -0.3 is 10.8 Å². The zero-order chi connectivity index (χ0) is 14.3. The third-order valence-electron chi connectivity index (χ3n) is 3.17. The number of carbonyl (C=O) groups is 1. The van der Waals surface area contributed by atoms with Gasteiger partial charge >= 0.3 is 5.97 Å². The number of rotatable bonds is 3. The third kappa shape index (κ3) is 1.80. The number of hydrogen-bond donors (Lipinski definition) is 2. The molecule has 0 saturated carbocycles. The van der Waals surface area contributed by atoms with Crippen LogP contribution in [0, 0.1) is 0 Å². The molecule has 3 N–H and O–H groups in total. The first kappa shape index (κ1) is 14.1. The van der Waals surface area contributed by atoms with E-state index in [0.717, 1.165) is 11.8 Å². The molecule has 2 atom stereocenters. The normalized spacial score (nSPS) is 27.1. The summed E-state index contributed by atoms with van der Waals surface area (Å²) >= 11 is 1.02. The Balaban J connectivity index is 2.72. The van der Waals surface area contributed by atoms with Gasteiger partial charge in [-0.05, 0) is 30.0 Å². The summed E-state index contributed by atoms with van der Waals surface area (Å²) in [7, 11) is -4.11. The molecule has 19 heavy (non-hydrogen) atoms. The van der Waals surface area contributed by atoms with Gasteiger partial charge in [0.2, 0.25) is 14.6 Å². The van der Waals surface area contributed by atoms with Crippen LogP contribution in [0.15, 0.2) is 46.2 Å². The fourth-order valence-electron chi connectivity index (χ4n) is 2.14. The van der Waals surface area contributed by atoms with Crippen LogP contribution in [0.2, 0.25) is 0 Å². The van der Waals surface area contributed by atoms with Gasteiger partial charge in [0.15, 0.2) is 0 Å². The first-order valence-electron chi connectivity index (χ1n) is 5.46. The van der Waals surface area contributed by atoms with Gasteiger partial charge in [0.05, 0.1) is 10.3 Å². The molecule has 0 aliphatic carbocycles. The van der Waals surface area contributed by atoms with Crippen molar-refractivity contribution < 1.29 is 18.3 Å². The molecular weight excluding hydrogens is 286 g/mol. The van der Waals surface area contributed by atoms with Gasteiger partial charge in [-0.2, -0.15) is 0 Å². The van der Waals surface area contributed by atoms with Gasteiger partial charge in [-0.3, -0.25) is 4.79 Å². The highest BCUT2D eigenvalue weighted by Gasteiger charge is 2.60. The summed E-state index contributed by atoms with van der Waals surface area (Å²) in [5, 5.41) is 9.93. The van der Waals surface area contributed by atoms with Crippen LogP contribution in [0.3, 0.4) is 0 Å². The first-order valence-corrected chi connectivity index (χ1v) is 7.89. The van der Waals surface area contributed by atoms with Crippen LogP contribution >= 0.6 is 11.8 Å². The van der Waals surface area contributed by atoms with Crippen LogP contribution in [0.5, 0.6) is 0 Å². The average Bonchev–Trinajstić information content (AvgIpc) is 2.67. The zero-order valence-corrected chi connectivity index (χ0v) is 11.7. The minimum absolute atomic E-state index is 0.0388.